The zero-order valence-corrected chi connectivity index (χ0v) is 12.4. The molecule has 0 fully saturated rings. The van der Waals surface area contributed by atoms with Gasteiger partial charge in [-0.15, -0.1) is 11.8 Å². The Morgan fingerprint density at radius 2 is 2.19 bits per heavy atom. The van der Waals surface area contributed by atoms with Crippen molar-refractivity contribution in [2.75, 3.05) is 16.8 Å². The second kappa shape index (κ2) is 7.08. The van der Waals surface area contributed by atoms with Gasteiger partial charge in [-0.25, -0.2) is 9.37 Å². The molecular weight excluding hydrogens is 289 g/mol. The van der Waals surface area contributed by atoms with E-state index in [0.717, 1.165) is 23.3 Å². The molecule has 6 heteroatoms. The number of nitrogens with zero attached hydrogens (tertiary/aromatic N) is 1. The Morgan fingerprint density at radius 3 is 2.86 bits per heavy atom. The third kappa shape index (κ3) is 4.19. The van der Waals surface area contributed by atoms with Crippen LogP contribution in [0.5, 0.6) is 0 Å². The fraction of sp³-hybridized carbons (Fsp3) is 0.200. The topological polar surface area (TPSA) is 68.0 Å². The van der Waals surface area contributed by atoms with E-state index in [2.05, 4.69) is 17.2 Å². The molecule has 4 nitrogen and oxygen atoms in total. The number of nitrogens with two attached hydrogens (primary N) is 1. The maximum absolute atomic E-state index is 12.8. The molecule has 0 saturated heterocycles. The molecule has 0 bridgehead atoms. The molecule has 0 radical (unpaired) electrons. The maximum Gasteiger partial charge on any atom is 0.274 e. The molecule has 0 spiro atoms. The summed E-state index contributed by atoms with van der Waals surface area (Å²) in [6.07, 6.45) is 2.07. The van der Waals surface area contributed by atoms with Crippen molar-refractivity contribution in [2.24, 2.45) is 0 Å². The van der Waals surface area contributed by atoms with Crippen LogP contribution in [0.2, 0.25) is 0 Å². The number of nitrogen functional groups attached to an aromatic ring is 1. The van der Waals surface area contributed by atoms with Gasteiger partial charge >= 0.3 is 0 Å². The summed E-state index contributed by atoms with van der Waals surface area (Å²) in [6.45, 7) is 2.10. The molecule has 1 amide bonds. The van der Waals surface area contributed by atoms with Crippen molar-refractivity contribution in [1.29, 1.82) is 0 Å². The first-order valence-electron chi connectivity index (χ1n) is 6.55. The number of anilines is 2. The van der Waals surface area contributed by atoms with E-state index in [1.807, 2.05) is 12.1 Å². The van der Waals surface area contributed by atoms with Gasteiger partial charge in [-0.05, 0) is 42.5 Å². The largest absolute Gasteiger partial charge is 0.397 e. The number of halogens is 1. The quantitative estimate of drug-likeness (QED) is 0.654. The van der Waals surface area contributed by atoms with Crippen LogP contribution >= 0.6 is 11.8 Å². The SMILES string of the molecule is CCCSc1ccc(N)c(NC(=O)c2ccc(F)cn2)c1. The van der Waals surface area contributed by atoms with Crippen molar-refractivity contribution in [3.63, 3.8) is 0 Å². The van der Waals surface area contributed by atoms with E-state index in [-0.39, 0.29) is 5.69 Å². The monoisotopic (exact) mass is 305 g/mol. The van der Waals surface area contributed by atoms with E-state index in [1.54, 1.807) is 17.8 Å². The molecular formula is C15H16FN3OS. The summed E-state index contributed by atoms with van der Waals surface area (Å²) < 4.78 is 12.8. The molecule has 0 saturated carbocycles. The van der Waals surface area contributed by atoms with Gasteiger partial charge in [-0.3, -0.25) is 4.79 Å². The standard InChI is InChI=1S/C15H16FN3OS/c1-2-7-21-11-4-5-12(17)14(8-11)19-15(20)13-6-3-10(16)9-18-13/h3-6,8-9H,2,7,17H2,1H3,(H,19,20). The van der Waals surface area contributed by atoms with E-state index in [9.17, 15) is 9.18 Å². The molecule has 3 N–H and O–H groups in total. The smallest absolute Gasteiger partial charge is 0.274 e. The average Bonchev–Trinajstić information content (AvgIpc) is 2.48. The molecule has 1 heterocycles. The number of carbonyl (C=O) groups excluding carboxylic acids is 1. The minimum atomic E-state index is -0.482. The highest BCUT2D eigenvalue weighted by molar-refractivity contribution is 7.99. The molecule has 21 heavy (non-hydrogen) atoms. The van der Waals surface area contributed by atoms with Crippen molar-refractivity contribution in [3.05, 3.63) is 48.0 Å². The number of pyridine rings is 1. The lowest BCUT2D eigenvalue weighted by molar-refractivity contribution is 0.102. The van der Waals surface area contributed by atoms with E-state index in [4.69, 9.17) is 5.73 Å². The van der Waals surface area contributed by atoms with Crippen LogP contribution in [0.1, 0.15) is 23.8 Å². The van der Waals surface area contributed by atoms with E-state index in [0.29, 0.717) is 11.4 Å². The van der Waals surface area contributed by atoms with Crippen LogP contribution < -0.4 is 11.1 Å². The third-order valence-electron chi connectivity index (χ3n) is 2.71. The molecule has 0 aliphatic rings. The highest BCUT2D eigenvalue weighted by atomic mass is 32.2. The van der Waals surface area contributed by atoms with E-state index in [1.165, 1.54) is 12.1 Å². The first-order chi connectivity index (χ1) is 10.1. The third-order valence-corrected chi connectivity index (χ3v) is 3.91. The van der Waals surface area contributed by atoms with Crippen LogP contribution in [0, 0.1) is 5.82 Å². The number of benzene rings is 1. The fourth-order valence-corrected chi connectivity index (χ4v) is 2.46. The molecule has 110 valence electrons. The number of carbonyl (C=O) groups is 1. The van der Waals surface area contributed by atoms with Gasteiger partial charge in [0.2, 0.25) is 0 Å². The van der Waals surface area contributed by atoms with Gasteiger partial charge in [-0.1, -0.05) is 6.92 Å². The predicted molar refractivity (Wildman–Crippen MR) is 84.0 cm³/mol. The average molecular weight is 305 g/mol. The summed E-state index contributed by atoms with van der Waals surface area (Å²) in [6, 6.07) is 8.03. The molecule has 2 aromatic rings. The number of thioether (sulfide) groups is 1. The Balaban J connectivity index is 2.14. The molecule has 0 aliphatic carbocycles. The number of hydrogen-bond acceptors (Lipinski definition) is 4. The first kappa shape index (κ1) is 15.3. The van der Waals surface area contributed by atoms with Gasteiger partial charge in [0, 0.05) is 4.90 Å². The zero-order chi connectivity index (χ0) is 15.2. The van der Waals surface area contributed by atoms with Gasteiger partial charge in [-0.2, -0.15) is 0 Å². The van der Waals surface area contributed by atoms with Crippen LogP contribution in [0.4, 0.5) is 15.8 Å². The summed E-state index contributed by atoms with van der Waals surface area (Å²) >= 11 is 1.70. The van der Waals surface area contributed by atoms with Crippen molar-refractivity contribution in [2.45, 2.75) is 18.2 Å². The van der Waals surface area contributed by atoms with Gasteiger partial charge in [0.15, 0.2) is 0 Å². The molecule has 0 aliphatic heterocycles. The lowest BCUT2D eigenvalue weighted by atomic mass is 10.2. The molecule has 1 aromatic heterocycles. The van der Waals surface area contributed by atoms with Crippen molar-refractivity contribution in [1.82, 2.24) is 4.98 Å². The van der Waals surface area contributed by atoms with Gasteiger partial charge in [0.1, 0.15) is 11.5 Å². The number of aromatic nitrogens is 1. The molecule has 0 unspecified atom stereocenters. The Hall–Kier alpha value is -2.08. The highest BCUT2D eigenvalue weighted by Crippen LogP contribution is 2.27. The fourth-order valence-electron chi connectivity index (χ4n) is 1.65. The van der Waals surface area contributed by atoms with Gasteiger partial charge in [0.05, 0.1) is 17.6 Å². The number of amides is 1. The van der Waals surface area contributed by atoms with Crippen molar-refractivity contribution in [3.8, 4) is 0 Å². The van der Waals surface area contributed by atoms with Crippen LogP contribution in [0.15, 0.2) is 41.4 Å². The predicted octanol–water partition coefficient (Wildman–Crippen LogP) is 3.56. The highest BCUT2D eigenvalue weighted by Gasteiger charge is 2.10. The van der Waals surface area contributed by atoms with Crippen LogP contribution in [0.25, 0.3) is 0 Å². The summed E-state index contributed by atoms with van der Waals surface area (Å²) in [5.74, 6) is 0.0972. The Bertz CT molecular complexity index is 631. The van der Waals surface area contributed by atoms with Gasteiger partial charge in [0.25, 0.3) is 5.91 Å². The lowest BCUT2D eigenvalue weighted by Crippen LogP contribution is -2.14. The summed E-state index contributed by atoms with van der Waals surface area (Å²) in [4.78, 5) is 16.8. The van der Waals surface area contributed by atoms with Gasteiger partial charge < -0.3 is 11.1 Å². The normalized spacial score (nSPS) is 10.4. The molecule has 0 atom stereocenters. The molecule has 1 aromatic carbocycles. The first-order valence-corrected chi connectivity index (χ1v) is 7.54. The van der Waals surface area contributed by atoms with Crippen LogP contribution in [0.3, 0.4) is 0 Å². The Morgan fingerprint density at radius 1 is 1.38 bits per heavy atom. The number of rotatable bonds is 5. The summed E-state index contributed by atoms with van der Waals surface area (Å²) in [5, 5.41) is 2.70. The summed E-state index contributed by atoms with van der Waals surface area (Å²) in [5.41, 5.74) is 7.02. The maximum atomic E-state index is 12.8. The number of nitrogens with one attached hydrogen (secondary N) is 1. The van der Waals surface area contributed by atoms with Crippen LogP contribution in [-0.2, 0) is 0 Å². The Kier molecular flexibility index (Phi) is 5.16. The van der Waals surface area contributed by atoms with E-state index < -0.39 is 11.7 Å². The molecule has 2 rings (SSSR count). The zero-order valence-electron chi connectivity index (χ0n) is 11.6. The Labute approximate surface area is 127 Å². The minimum absolute atomic E-state index is 0.141. The van der Waals surface area contributed by atoms with Crippen molar-refractivity contribution < 1.29 is 9.18 Å². The minimum Gasteiger partial charge on any atom is -0.397 e. The second-order valence-electron chi connectivity index (χ2n) is 4.41. The summed E-state index contributed by atoms with van der Waals surface area (Å²) in [7, 11) is 0. The van der Waals surface area contributed by atoms with Crippen molar-refractivity contribution >= 4 is 29.0 Å². The van der Waals surface area contributed by atoms with Crippen LogP contribution in [-0.4, -0.2) is 16.6 Å². The lowest BCUT2D eigenvalue weighted by Gasteiger charge is -2.10. The van der Waals surface area contributed by atoms with E-state index >= 15 is 0 Å². The number of hydrogen-bond donors (Lipinski definition) is 2. The second-order valence-corrected chi connectivity index (χ2v) is 5.58.